The Balaban J connectivity index is 1.05. The van der Waals surface area contributed by atoms with Crippen molar-refractivity contribution >= 4 is 38.0 Å². The van der Waals surface area contributed by atoms with Crippen LogP contribution in [0.5, 0.6) is 0 Å². The smallest absolute Gasteiger partial charge is 0.164 e. The first-order valence-corrected chi connectivity index (χ1v) is 21.2. The zero-order chi connectivity index (χ0) is 41.7. The molecule has 3 aromatic heterocycles. The van der Waals surface area contributed by atoms with E-state index in [9.17, 15) is 0 Å². The number of fused-ring (bicyclic) bond motifs is 4. The summed E-state index contributed by atoms with van der Waals surface area (Å²) in [4.78, 5) is 20.9. The number of imidazole rings is 1. The Hall–Kier alpha value is -8.54. The molecule has 294 valence electrons. The van der Waals surface area contributed by atoms with Crippen molar-refractivity contribution in [1.29, 1.82) is 0 Å². The van der Waals surface area contributed by atoms with Gasteiger partial charge in [0.2, 0.25) is 0 Å². The zero-order valence-electron chi connectivity index (χ0n) is 34.1. The summed E-state index contributed by atoms with van der Waals surface area (Å²) in [7, 11) is 0. The molecule has 63 heavy (non-hydrogen) atoms. The third-order valence-corrected chi connectivity index (χ3v) is 12.0. The van der Waals surface area contributed by atoms with Crippen molar-refractivity contribution in [3.63, 3.8) is 0 Å². The van der Waals surface area contributed by atoms with Crippen molar-refractivity contribution in [2.75, 3.05) is 0 Å². The Bertz CT molecular complexity index is 3570. The first-order chi connectivity index (χ1) is 31.2. The van der Waals surface area contributed by atoms with Crippen LogP contribution in [0.4, 0.5) is 0 Å². The molecule has 0 aliphatic carbocycles. The highest BCUT2D eigenvalue weighted by Gasteiger charge is 2.22. The maximum absolute atomic E-state index is 5.52. The largest absolute Gasteiger partial charge is 0.298 e. The van der Waals surface area contributed by atoms with E-state index in [4.69, 9.17) is 19.9 Å². The van der Waals surface area contributed by atoms with Crippen molar-refractivity contribution in [1.82, 2.24) is 24.3 Å². The lowest BCUT2D eigenvalue weighted by Gasteiger charge is -2.12. The third kappa shape index (κ3) is 6.69. The number of benzene rings is 9. The Morgan fingerprint density at radius 1 is 0.270 bits per heavy atom. The summed E-state index contributed by atoms with van der Waals surface area (Å²) in [5, 5.41) is 6.96. The highest BCUT2D eigenvalue weighted by Crippen LogP contribution is 2.40. The Labute approximate surface area is 364 Å². The summed E-state index contributed by atoms with van der Waals surface area (Å²) in [6.07, 6.45) is 2.23. The number of nitrogens with zero attached hydrogens (tertiary/aromatic N) is 5. The van der Waals surface area contributed by atoms with Gasteiger partial charge >= 0.3 is 0 Å². The van der Waals surface area contributed by atoms with Gasteiger partial charge in [-0.2, -0.15) is 0 Å². The Morgan fingerprint density at radius 3 is 1.22 bits per heavy atom. The fraction of sp³-hybridized carbons (Fsp3) is 0. The van der Waals surface area contributed by atoms with Crippen LogP contribution >= 0.6 is 0 Å². The molecule has 0 N–H and O–H groups in total. The van der Waals surface area contributed by atoms with Crippen LogP contribution < -0.4 is 0 Å². The average Bonchev–Trinajstić information content (AvgIpc) is 3.76. The second-order valence-electron chi connectivity index (χ2n) is 15.9. The number of hydrogen-bond donors (Lipinski definition) is 0. The second-order valence-corrected chi connectivity index (χ2v) is 15.9. The fourth-order valence-electron chi connectivity index (χ4n) is 8.77. The van der Waals surface area contributed by atoms with E-state index in [1.54, 1.807) is 0 Å². The van der Waals surface area contributed by atoms with Crippen molar-refractivity contribution in [3.05, 3.63) is 225 Å². The standard InChI is InChI=1S/C58H37N5/c1-3-13-38(14-4-1)51-36-52(42-18-5-2-6-19-42)58-59-53(48-30-23-39-15-7-10-20-45(39)33-48)54(63(58)37-51)43-26-28-44(29-27-43)55-60-56(49-31-24-40-16-8-11-21-46(40)34-49)62-57(61-55)50-32-25-41-17-9-12-22-47(41)35-50/h1-37H. The lowest BCUT2D eigenvalue weighted by atomic mass is 10.00. The molecule has 0 saturated carbocycles. The second kappa shape index (κ2) is 15.2. The molecular formula is C58H37N5. The van der Waals surface area contributed by atoms with E-state index < -0.39 is 0 Å². The van der Waals surface area contributed by atoms with Gasteiger partial charge in [-0.15, -0.1) is 0 Å². The minimum atomic E-state index is 0.605. The minimum absolute atomic E-state index is 0.605. The number of hydrogen-bond acceptors (Lipinski definition) is 4. The van der Waals surface area contributed by atoms with Gasteiger partial charge in [0, 0.05) is 39.6 Å². The molecular weight excluding hydrogens is 767 g/mol. The molecule has 0 fully saturated rings. The monoisotopic (exact) mass is 803 g/mol. The minimum Gasteiger partial charge on any atom is -0.298 e. The van der Waals surface area contributed by atoms with Gasteiger partial charge in [-0.1, -0.05) is 194 Å². The maximum atomic E-state index is 5.52. The Morgan fingerprint density at radius 2 is 0.683 bits per heavy atom. The molecule has 0 aliphatic rings. The van der Waals surface area contributed by atoms with Crippen molar-refractivity contribution in [3.8, 4) is 78.9 Å². The van der Waals surface area contributed by atoms with E-state index in [1.807, 2.05) is 0 Å². The molecule has 0 spiro atoms. The summed E-state index contributed by atoms with van der Waals surface area (Å²) < 4.78 is 2.28. The van der Waals surface area contributed by atoms with Crippen LogP contribution in [-0.2, 0) is 0 Å². The van der Waals surface area contributed by atoms with Crippen molar-refractivity contribution in [2.45, 2.75) is 0 Å². The normalized spacial score (nSPS) is 11.5. The van der Waals surface area contributed by atoms with Crippen LogP contribution in [-0.4, -0.2) is 24.3 Å². The van der Waals surface area contributed by atoms with Gasteiger partial charge in [0.1, 0.15) is 5.65 Å². The maximum Gasteiger partial charge on any atom is 0.164 e. The van der Waals surface area contributed by atoms with Crippen LogP contribution in [0.15, 0.2) is 225 Å². The zero-order valence-corrected chi connectivity index (χ0v) is 34.1. The number of aromatic nitrogens is 5. The average molecular weight is 804 g/mol. The predicted octanol–water partition coefficient (Wildman–Crippen LogP) is 14.6. The molecule has 9 aromatic carbocycles. The summed E-state index contributed by atoms with van der Waals surface area (Å²) in [5.41, 5.74) is 12.1. The van der Waals surface area contributed by atoms with Crippen molar-refractivity contribution < 1.29 is 0 Å². The third-order valence-electron chi connectivity index (χ3n) is 12.0. The van der Waals surface area contributed by atoms with E-state index in [0.717, 1.165) is 77.9 Å². The van der Waals surface area contributed by atoms with Gasteiger partial charge in [-0.05, 0) is 73.3 Å². The number of pyridine rings is 1. The summed E-state index contributed by atoms with van der Waals surface area (Å²) in [5.74, 6) is 1.86. The van der Waals surface area contributed by atoms with Gasteiger partial charge < -0.3 is 0 Å². The van der Waals surface area contributed by atoms with Crippen molar-refractivity contribution in [2.24, 2.45) is 0 Å². The molecule has 0 radical (unpaired) electrons. The molecule has 12 rings (SSSR count). The molecule has 0 bridgehead atoms. The molecule has 0 amide bonds. The van der Waals surface area contributed by atoms with Crippen LogP contribution in [0.25, 0.3) is 117 Å². The molecule has 12 aromatic rings. The van der Waals surface area contributed by atoms with E-state index in [2.05, 4.69) is 229 Å². The summed E-state index contributed by atoms with van der Waals surface area (Å²) in [6, 6.07) is 76.7. The van der Waals surface area contributed by atoms with Crippen LogP contribution in [0.2, 0.25) is 0 Å². The molecule has 0 saturated heterocycles. The molecule has 3 heterocycles. The van der Waals surface area contributed by atoms with E-state index >= 15 is 0 Å². The van der Waals surface area contributed by atoms with Gasteiger partial charge in [-0.3, -0.25) is 4.40 Å². The van der Waals surface area contributed by atoms with E-state index in [-0.39, 0.29) is 0 Å². The van der Waals surface area contributed by atoms with Gasteiger partial charge in [0.05, 0.1) is 11.4 Å². The van der Waals surface area contributed by atoms with E-state index in [0.29, 0.717) is 17.5 Å². The lowest BCUT2D eigenvalue weighted by Crippen LogP contribution is -2.00. The molecule has 5 heteroatoms. The lowest BCUT2D eigenvalue weighted by molar-refractivity contribution is 1.07. The topological polar surface area (TPSA) is 56.0 Å². The summed E-state index contributed by atoms with van der Waals surface area (Å²) >= 11 is 0. The Kier molecular flexibility index (Phi) is 8.75. The fourth-order valence-corrected chi connectivity index (χ4v) is 8.77. The van der Waals surface area contributed by atoms with Crippen LogP contribution in [0, 0.1) is 0 Å². The first-order valence-electron chi connectivity index (χ1n) is 21.2. The van der Waals surface area contributed by atoms with Crippen LogP contribution in [0.3, 0.4) is 0 Å². The quantitative estimate of drug-likeness (QED) is 0.161. The van der Waals surface area contributed by atoms with Crippen LogP contribution in [0.1, 0.15) is 0 Å². The SMILES string of the molecule is c1ccc(-c2cc(-c3ccccc3)c3nc(-c4ccc5ccccc5c4)c(-c4ccc(-c5nc(-c6ccc7ccccc7c6)nc(-c6ccc7ccccc7c6)n5)cc4)n3c2)cc1. The molecule has 0 aliphatic heterocycles. The molecule has 0 unspecified atom stereocenters. The number of rotatable bonds is 7. The molecule has 0 atom stereocenters. The van der Waals surface area contributed by atoms with Gasteiger partial charge in [0.15, 0.2) is 17.5 Å². The highest BCUT2D eigenvalue weighted by atomic mass is 15.0. The molecule has 5 nitrogen and oxygen atoms in total. The van der Waals surface area contributed by atoms with Gasteiger partial charge in [-0.25, -0.2) is 19.9 Å². The van der Waals surface area contributed by atoms with Gasteiger partial charge in [0.25, 0.3) is 0 Å². The highest BCUT2D eigenvalue weighted by molar-refractivity contribution is 5.94. The summed E-state index contributed by atoms with van der Waals surface area (Å²) in [6.45, 7) is 0. The van der Waals surface area contributed by atoms with E-state index in [1.165, 1.54) is 21.5 Å². The first kappa shape index (κ1) is 36.3. The predicted molar refractivity (Wildman–Crippen MR) is 259 cm³/mol.